The van der Waals surface area contributed by atoms with Crippen LogP contribution in [0.1, 0.15) is 47.0 Å². The number of hydrogen-bond acceptors (Lipinski definition) is 2. The lowest BCUT2D eigenvalue weighted by molar-refractivity contribution is 0.345. The molecule has 0 bridgehead atoms. The van der Waals surface area contributed by atoms with Gasteiger partial charge in [0.15, 0.2) is 0 Å². The van der Waals surface area contributed by atoms with Crippen LogP contribution in [0.2, 0.25) is 0 Å². The van der Waals surface area contributed by atoms with E-state index in [0.29, 0.717) is 5.92 Å². The number of fused-ring (bicyclic) bond motifs is 1. The van der Waals surface area contributed by atoms with Gasteiger partial charge in [0.05, 0.1) is 17.0 Å². The number of rotatable bonds is 2. The van der Waals surface area contributed by atoms with Crippen LogP contribution in [0.15, 0.2) is 33.3 Å². The van der Waals surface area contributed by atoms with Crippen LogP contribution < -0.4 is 0 Å². The van der Waals surface area contributed by atoms with E-state index in [0.717, 1.165) is 12.1 Å². The van der Waals surface area contributed by atoms with Crippen molar-refractivity contribution < 1.29 is 0 Å². The van der Waals surface area contributed by atoms with Gasteiger partial charge in [-0.25, -0.2) is 0 Å². The van der Waals surface area contributed by atoms with Crippen molar-refractivity contribution in [2.75, 3.05) is 7.05 Å². The van der Waals surface area contributed by atoms with Gasteiger partial charge in [0.1, 0.15) is 0 Å². The molecule has 0 spiro atoms. The van der Waals surface area contributed by atoms with Crippen LogP contribution in [-0.2, 0) is 0 Å². The average Bonchev–Trinajstić information content (AvgIpc) is 2.38. The zero-order chi connectivity index (χ0) is 13.3. The van der Waals surface area contributed by atoms with Gasteiger partial charge in [-0.3, -0.25) is 9.98 Å². The van der Waals surface area contributed by atoms with Crippen molar-refractivity contribution in [2.24, 2.45) is 15.9 Å². The standard InChI is InChI=1S/C16H24N2/c1-6-12-10-16(4,7-2)18-15-11(3)8-13(17-5)9-14(12)15/h8-9,12H,6-7,10H2,1-5H3. The number of allylic oxidation sites excluding steroid dienone is 4. The van der Waals surface area contributed by atoms with Gasteiger partial charge < -0.3 is 0 Å². The van der Waals surface area contributed by atoms with E-state index in [1.54, 1.807) is 0 Å². The molecular weight excluding hydrogens is 220 g/mol. The first kappa shape index (κ1) is 13.3. The van der Waals surface area contributed by atoms with Crippen molar-refractivity contribution in [2.45, 2.75) is 52.5 Å². The Balaban J connectivity index is 2.52. The van der Waals surface area contributed by atoms with E-state index in [-0.39, 0.29) is 5.54 Å². The maximum atomic E-state index is 5.03. The monoisotopic (exact) mass is 244 g/mol. The lowest BCUT2D eigenvalue weighted by atomic mass is 9.74. The molecule has 1 aliphatic heterocycles. The van der Waals surface area contributed by atoms with Crippen LogP contribution in [-0.4, -0.2) is 24.0 Å². The van der Waals surface area contributed by atoms with Gasteiger partial charge in [-0.15, -0.1) is 0 Å². The van der Waals surface area contributed by atoms with Gasteiger partial charge >= 0.3 is 0 Å². The van der Waals surface area contributed by atoms with Gasteiger partial charge in [-0.1, -0.05) is 13.8 Å². The molecule has 0 fully saturated rings. The van der Waals surface area contributed by atoms with Gasteiger partial charge in [0.2, 0.25) is 0 Å². The van der Waals surface area contributed by atoms with E-state index in [4.69, 9.17) is 4.99 Å². The van der Waals surface area contributed by atoms with E-state index in [1.165, 1.54) is 29.7 Å². The molecule has 0 aromatic carbocycles. The van der Waals surface area contributed by atoms with Crippen molar-refractivity contribution in [3.63, 3.8) is 0 Å². The van der Waals surface area contributed by atoms with Crippen molar-refractivity contribution in [3.05, 3.63) is 23.3 Å². The van der Waals surface area contributed by atoms with E-state index in [2.05, 4.69) is 44.8 Å². The van der Waals surface area contributed by atoms with E-state index >= 15 is 0 Å². The van der Waals surface area contributed by atoms with E-state index in [9.17, 15) is 0 Å². The summed E-state index contributed by atoms with van der Waals surface area (Å²) >= 11 is 0. The quantitative estimate of drug-likeness (QED) is 0.656. The minimum atomic E-state index is 0.114. The lowest BCUT2D eigenvalue weighted by Crippen LogP contribution is -2.36. The Morgan fingerprint density at radius 3 is 2.67 bits per heavy atom. The molecule has 1 heterocycles. The predicted molar refractivity (Wildman–Crippen MR) is 79.7 cm³/mol. The zero-order valence-electron chi connectivity index (χ0n) is 12.2. The molecule has 2 nitrogen and oxygen atoms in total. The zero-order valence-corrected chi connectivity index (χ0v) is 12.2. The number of aliphatic imine (C=N–C) groups is 2. The number of hydrogen-bond donors (Lipinski definition) is 0. The second-order valence-corrected chi connectivity index (χ2v) is 5.70. The Bertz CT molecular complexity index is 465. The summed E-state index contributed by atoms with van der Waals surface area (Å²) < 4.78 is 0. The normalized spacial score (nSPS) is 33.7. The second-order valence-electron chi connectivity index (χ2n) is 5.70. The SMILES string of the molecule is CCC1CC(C)(CC)N=C2C(C)=CC(=NC)C=C21. The largest absolute Gasteiger partial charge is 0.289 e. The van der Waals surface area contributed by atoms with Crippen molar-refractivity contribution in [3.8, 4) is 0 Å². The fraction of sp³-hybridized carbons (Fsp3) is 0.625. The highest BCUT2D eigenvalue weighted by atomic mass is 14.9. The van der Waals surface area contributed by atoms with Crippen LogP contribution in [0, 0.1) is 5.92 Å². The summed E-state index contributed by atoms with van der Waals surface area (Å²) in [5, 5.41) is 0. The Morgan fingerprint density at radius 2 is 2.11 bits per heavy atom. The Morgan fingerprint density at radius 1 is 1.39 bits per heavy atom. The Hall–Kier alpha value is -1.18. The van der Waals surface area contributed by atoms with Crippen LogP contribution in [0.3, 0.4) is 0 Å². The Kier molecular flexibility index (Phi) is 3.56. The minimum absolute atomic E-state index is 0.114. The van der Waals surface area contributed by atoms with E-state index in [1.807, 2.05) is 7.05 Å². The molecule has 2 heteroatoms. The third kappa shape index (κ3) is 2.21. The van der Waals surface area contributed by atoms with Crippen LogP contribution in [0.5, 0.6) is 0 Å². The molecule has 0 aromatic rings. The molecule has 1 aliphatic carbocycles. The molecule has 2 rings (SSSR count). The summed E-state index contributed by atoms with van der Waals surface area (Å²) in [6.45, 7) is 8.97. The third-order valence-electron chi connectivity index (χ3n) is 4.34. The van der Waals surface area contributed by atoms with Gasteiger partial charge in [0, 0.05) is 7.05 Å². The number of nitrogens with zero attached hydrogens (tertiary/aromatic N) is 2. The summed E-state index contributed by atoms with van der Waals surface area (Å²) in [6.07, 6.45) is 7.85. The van der Waals surface area contributed by atoms with E-state index < -0.39 is 0 Å². The molecule has 0 amide bonds. The highest BCUT2D eigenvalue weighted by molar-refractivity contribution is 6.24. The minimum Gasteiger partial charge on any atom is -0.289 e. The predicted octanol–water partition coefficient (Wildman–Crippen LogP) is 3.98. The summed E-state index contributed by atoms with van der Waals surface area (Å²) in [6, 6.07) is 0. The summed E-state index contributed by atoms with van der Waals surface area (Å²) in [4.78, 5) is 9.35. The first-order valence-electron chi connectivity index (χ1n) is 7.00. The highest BCUT2D eigenvalue weighted by Gasteiger charge is 2.35. The fourth-order valence-electron chi connectivity index (χ4n) is 2.92. The molecule has 0 aromatic heterocycles. The smallest absolute Gasteiger partial charge is 0.0646 e. The maximum Gasteiger partial charge on any atom is 0.0646 e. The summed E-state index contributed by atoms with van der Waals surface area (Å²) in [5.41, 5.74) is 5.10. The molecule has 0 radical (unpaired) electrons. The first-order chi connectivity index (χ1) is 8.53. The molecule has 2 atom stereocenters. The van der Waals surface area contributed by atoms with Gasteiger partial charge in [-0.2, -0.15) is 0 Å². The molecule has 2 unspecified atom stereocenters. The topological polar surface area (TPSA) is 24.7 Å². The second kappa shape index (κ2) is 4.83. The molecule has 2 aliphatic rings. The van der Waals surface area contributed by atoms with Crippen molar-refractivity contribution in [1.82, 2.24) is 0 Å². The van der Waals surface area contributed by atoms with Crippen LogP contribution in [0.25, 0.3) is 0 Å². The van der Waals surface area contributed by atoms with Crippen molar-refractivity contribution >= 4 is 11.4 Å². The first-order valence-corrected chi connectivity index (χ1v) is 7.00. The van der Waals surface area contributed by atoms with Crippen LogP contribution >= 0.6 is 0 Å². The fourth-order valence-corrected chi connectivity index (χ4v) is 2.92. The van der Waals surface area contributed by atoms with Gasteiger partial charge in [-0.05, 0) is 62.3 Å². The summed E-state index contributed by atoms with van der Waals surface area (Å²) in [5.74, 6) is 0.628. The highest BCUT2D eigenvalue weighted by Crippen LogP contribution is 2.39. The lowest BCUT2D eigenvalue weighted by Gasteiger charge is -2.38. The maximum absolute atomic E-state index is 5.03. The molecule has 0 saturated heterocycles. The molecule has 98 valence electrons. The molecule has 18 heavy (non-hydrogen) atoms. The molecule has 0 saturated carbocycles. The third-order valence-corrected chi connectivity index (χ3v) is 4.34. The molecule has 0 N–H and O–H groups in total. The average molecular weight is 244 g/mol. The molecular formula is C16H24N2. The van der Waals surface area contributed by atoms with Gasteiger partial charge in [0.25, 0.3) is 0 Å². The van der Waals surface area contributed by atoms with Crippen molar-refractivity contribution in [1.29, 1.82) is 0 Å². The summed E-state index contributed by atoms with van der Waals surface area (Å²) in [7, 11) is 1.86. The van der Waals surface area contributed by atoms with Crippen LogP contribution in [0.4, 0.5) is 0 Å². The Labute approximate surface area is 111 Å².